The van der Waals surface area contributed by atoms with E-state index >= 15 is 0 Å². The van der Waals surface area contributed by atoms with E-state index in [2.05, 4.69) is 48.5 Å². The summed E-state index contributed by atoms with van der Waals surface area (Å²) in [6.07, 6.45) is 0. The van der Waals surface area contributed by atoms with Gasteiger partial charge in [-0.15, -0.1) is 0 Å². The van der Waals surface area contributed by atoms with Gasteiger partial charge in [0.05, 0.1) is 20.1 Å². The molecule has 3 aromatic rings. The Bertz CT molecular complexity index is 684. The van der Waals surface area contributed by atoms with E-state index < -0.39 is 0 Å². The zero-order valence-electron chi connectivity index (χ0n) is 13.3. The fourth-order valence-electron chi connectivity index (χ4n) is 2.62. The van der Waals surface area contributed by atoms with Crippen molar-refractivity contribution in [3.8, 4) is 11.5 Å². The summed E-state index contributed by atoms with van der Waals surface area (Å²) in [5.41, 5.74) is 3.49. The average molecular weight is 303 g/mol. The summed E-state index contributed by atoms with van der Waals surface area (Å²) in [5, 5.41) is 0. The lowest BCUT2D eigenvalue weighted by atomic mass is 9.85. The largest absolute Gasteiger partial charge is 0.497 e. The predicted molar refractivity (Wildman–Crippen MR) is 93.0 cm³/mol. The average Bonchev–Trinajstić information content (AvgIpc) is 2.64. The minimum Gasteiger partial charge on any atom is -0.497 e. The van der Waals surface area contributed by atoms with Gasteiger partial charge in [-0.2, -0.15) is 0 Å². The molecule has 3 aromatic carbocycles. The first-order chi connectivity index (χ1) is 11.3. The number of hydrogen-bond donors (Lipinski definition) is 0. The second-order valence-corrected chi connectivity index (χ2v) is 5.20. The smallest absolute Gasteiger partial charge is 0.118 e. The van der Waals surface area contributed by atoms with Crippen molar-refractivity contribution < 1.29 is 9.47 Å². The van der Waals surface area contributed by atoms with Crippen molar-refractivity contribution >= 4 is 0 Å². The first-order valence-electron chi connectivity index (χ1n) is 7.53. The third-order valence-corrected chi connectivity index (χ3v) is 3.82. The molecule has 0 fully saturated rings. The van der Waals surface area contributed by atoms with Crippen LogP contribution < -0.4 is 9.47 Å². The number of methoxy groups -OCH3 is 2. The highest BCUT2D eigenvalue weighted by molar-refractivity contribution is 5.58. The van der Waals surface area contributed by atoms with E-state index in [4.69, 9.17) is 9.47 Å². The molecule has 2 heteroatoms. The van der Waals surface area contributed by atoms with Gasteiger partial charge in [-0.25, -0.2) is 0 Å². The van der Waals surface area contributed by atoms with Gasteiger partial charge < -0.3 is 9.47 Å². The van der Waals surface area contributed by atoms with Crippen molar-refractivity contribution in [1.29, 1.82) is 0 Å². The lowest BCUT2D eigenvalue weighted by Gasteiger charge is -2.18. The van der Waals surface area contributed by atoms with E-state index in [9.17, 15) is 0 Å². The number of ether oxygens (including phenoxy) is 2. The molecule has 0 unspecified atom stereocenters. The summed E-state index contributed by atoms with van der Waals surface area (Å²) in [4.78, 5) is 0. The minimum atomic E-state index is 0.857. The highest BCUT2D eigenvalue weighted by atomic mass is 16.5. The molecule has 0 bridgehead atoms. The highest BCUT2D eigenvalue weighted by Crippen LogP contribution is 2.32. The Morgan fingerprint density at radius 3 is 1.30 bits per heavy atom. The van der Waals surface area contributed by atoms with Crippen molar-refractivity contribution in [3.05, 3.63) is 101 Å². The van der Waals surface area contributed by atoms with Crippen LogP contribution in [0.2, 0.25) is 0 Å². The van der Waals surface area contributed by atoms with Crippen LogP contribution in [0.5, 0.6) is 11.5 Å². The van der Waals surface area contributed by atoms with E-state index in [1.807, 2.05) is 30.3 Å². The Labute approximate surface area is 137 Å². The van der Waals surface area contributed by atoms with Crippen LogP contribution in [0, 0.1) is 5.92 Å². The standard InChI is InChI=1S/C21H19O2/c1-22-19-12-8-17(9-13-19)21(16-6-4-3-5-7-16)18-10-14-20(23-2)15-11-18/h3-15H,1-2H3. The zero-order chi connectivity index (χ0) is 16.1. The van der Waals surface area contributed by atoms with Gasteiger partial charge >= 0.3 is 0 Å². The Morgan fingerprint density at radius 1 is 0.522 bits per heavy atom. The number of hydrogen-bond acceptors (Lipinski definition) is 2. The summed E-state index contributed by atoms with van der Waals surface area (Å²) >= 11 is 0. The van der Waals surface area contributed by atoms with E-state index in [1.165, 1.54) is 11.5 Å². The molecular weight excluding hydrogens is 284 g/mol. The van der Waals surface area contributed by atoms with Gasteiger partial charge in [0.15, 0.2) is 0 Å². The number of rotatable bonds is 5. The highest BCUT2D eigenvalue weighted by Gasteiger charge is 2.17. The molecule has 0 spiro atoms. The van der Waals surface area contributed by atoms with Crippen LogP contribution in [0.1, 0.15) is 16.7 Å². The van der Waals surface area contributed by atoms with Gasteiger partial charge in [0, 0.05) is 0 Å². The first-order valence-corrected chi connectivity index (χ1v) is 7.53. The minimum absolute atomic E-state index is 0.857. The molecule has 0 saturated carbocycles. The predicted octanol–water partition coefficient (Wildman–Crippen LogP) is 4.72. The van der Waals surface area contributed by atoms with E-state index in [0.29, 0.717) is 0 Å². The first kappa shape index (κ1) is 15.2. The monoisotopic (exact) mass is 303 g/mol. The Balaban J connectivity index is 2.05. The van der Waals surface area contributed by atoms with Crippen molar-refractivity contribution in [1.82, 2.24) is 0 Å². The van der Waals surface area contributed by atoms with Crippen molar-refractivity contribution in [2.24, 2.45) is 0 Å². The zero-order valence-corrected chi connectivity index (χ0v) is 13.3. The lowest BCUT2D eigenvalue weighted by Crippen LogP contribution is -2.04. The summed E-state index contributed by atoms with van der Waals surface area (Å²) in [7, 11) is 3.36. The van der Waals surface area contributed by atoms with Gasteiger partial charge in [0.2, 0.25) is 0 Å². The van der Waals surface area contributed by atoms with Gasteiger partial charge in [-0.3, -0.25) is 0 Å². The molecule has 3 rings (SSSR count). The quantitative estimate of drug-likeness (QED) is 0.635. The van der Waals surface area contributed by atoms with Gasteiger partial charge in [0.25, 0.3) is 0 Å². The van der Waals surface area contributed by atoms with E-state index in [1.54, 1.807) is 14.2 Å². The molecule has 0 aliphatic carbocycles. The van der Waals surface area contributed by atoms with E-state index in [-0.39, 0.29) is 0 Å². The molecule has 23 heavy (non-hydrogen) atoms. The normalized spacial score (nSPS) is 10.6. The Morgan fingerprint density at radius 2 is 0.913 bits per heavy atom. The topological polar surface area (TPSA) is 18.5 Å². The van der Waals surface area contributed by atoms with Crippen molar-refractivity contribution in [2.75, 3.05) is 14.2 Å². The summed E-state index contributed by atoms with van der Waals surface area (Å²) < 4.78 is 10.5. The molecule has 0 amide bonds. The second kappa shape index (κ2) is 7.01. The molecule has 0 saturated heterocycles. The maximum absolute atomic E-state index is 5.26. The van der Waals surface area contributed by atoms with Gasteiger partial charge in [0.1, 0.15) is 11.5 Å². The van der Waals surface area contributed by atoms with Crippen LogP contribution in [0.15, 0.2) is 78.9 Å². The van der Waals surface area contributed by atoms with Gasteiger partial charge in [-0.1, -0.05) is 54.6 Å². The van der Waals surface area contributed by atoms with Crippen LogP contribution in [-0.4, -0.2) is 14.2 Å². The SMILES string of the molecule is COc1ccc([C](c2ccccc2)c2ccc(OC)cc2)cc1. The molecule has 0 aliphatic rings. The maximum Gasteiger partial charge on any atom is 0.118 e. The van der Waals surface area contributed by atoms with Crippen LogP contribution in [0.3, 0.4) is 0 Å². The molecule has 0 N–H and O–H groups in total. The van der Waals surface area contributed by atoms with Crippen LogP contribution >= 0.6 is 0 Å². The molecule has 115 valence electrons. The molecule has 0 atom stereocenters. The summed E-state index contributed by atoms with van der Waals surface area (Å²) in [6.45, 7) is 0. The van der Waals surface area contributed by atoms with Crippen LogP contribution in [0.25, 0.3) is 0 Å². The lowest BCUT2D eigenvalue weighted by molar-refractivity contribution is 0.414. The van der Waals surface area contributed by atoms with Gasteiger partial charge in [-0.05, 0) is 41.0 Å². The van der Waals surface area contributed by atoms with Crippen molar-refractivity contribution in [2.45, 2.75) is 0 Å². The second-order valence-electron chi connectivity index (χ2n) is 5.20. The summed E-state index contributed by atoms with van der Waals surface area (Å²) in [6, 6.07) is 26.7. The van der Waals surface area contributed by atoms with Crippen LogP contribution in [0.4, 0.5) is 0 Å². The maximum atomic E-state index is 5.26. The molecule has 0 heterocycles. The van der Waals surface area contributed by atoms with Crippen molar-refractivity contribution in [3.63, 3.8) is 0 Å². The fourth-order valence-corrected chi connectivity index (χ4v) is 2.62. The third kappa shape index (κ3) is 3.37. The molecule has 0 aliphatic heterocycles. The third-order valence-electron chi connectivity index (χ3n) is 3.82. The molecular formula is C21H19O2. The summed E-state index contributed by atoms with van der Waals surface area (Å²) in [5.74, 6) is 2.91. The number of benzene rings is 3. The molecule has 0 aromatic heterocycles. The van der Waals surface area contributed by atoms with Crippen LogP contribution in [-0.2, 0) is 0 Å². The van der Waals surface area contributed by atoms with E-state index in [0.717, 1.165) is 22.6 Å². The fraction of sp³-hybridized carbons (Fsp3) is 0.0952. The molecule has 2 nitrogen and oxygen atoms in total. The Hall–Kier alpha value is -2.74. The Kier molecular flexibility index (Phi) is 4.62. The molecule has 1 radical (unpaired) electrons.